The second-order valence-corrected chi connectivity index (χ2v) is 4.08. The minimum absolute atomic E-state index is 0.153. The first kappa shape index (κ1) is 13.7. The van der Waals surface area contributed by atoms with E-state index >= 15 is 0 Å². The number of pyridine rings is 1. The molecule has 0 unspecified atom stereocenters. The van der Waals surface area contributed by atoms with Crippen molar-refractivity contribution in [2.75, 3.05) is 5.32 Å². The molecule has 0 fully saturated rings. The van der Waals surface area contributed by atoms with Gasteiger partial charge in [0.1, 0.15) is 0 Å². The van der Waals surface area contributed by atoms with Gasteiger partial charge in [-0.1, -0.05) is 24.3 Å². The fourth-order valence-electron chi connectivity index (χ4n) is 1.74. The van der Waals surface area contributed by atoms with Crippen LogP contribution in [-0.4, -0.2) is 17.2 Å². The number of para-hydroxylation sites is 1. The normalized spacial score (nSPS) is 10.4. The Kier molecular flexibility index (Phi) is 4.78. The molecule has 1 radical (unpaired) electrons. The van der Waals surface area contributed by atoms with Gasteiger partial charge in [0.2, 0.25) is 12.2 Å². The number of carbonyl (C=O) groups is 1. The van der Waals surface area contributed by atoms with E-state index in [1.54, 1.807) is 36.8 Å². The third-order valence-electron chi connectivity index (χ3n) is 2.63. The molecule has 0 saturated heterocycles. The molecule has 0 spiro atoms. The lowest BCUT2D eigenvalue weighted by Crippen LogP contribution is -2.15. The monoisotopic (exact) mass is 265 g/mol. The zero-order valence-electron chi connectivity index (χ0n) is 10.7. The van der Waals surface area contributed by atoms with E-state index in [0.717, 1.165) is 5.56 Å². The molecule has 4 nitrogen and oxygen atoms in total. The molecule has 1 N–H and O–H groups in total. The van der Waals surface area contributed by atoms with E-state index in [4.69, 9.17) is 0 Å². The van der Waals surface area contributed by atoms with Gasteiger partial charge in [-0.2, -0.15) is 0 Å². The second-order valence-electron chi connectivity index (χ2n) is 4.08. The van der Waals surface area contributed by atoms with Crippen molar-refractivity contribution in [3.05, 3.63) is 66.0 Å². The molecule has 1 aromatic carbocycles. The molecule has 99 valence electrons. The van der Waals surface area contributed by atoms with Crippen LogP contribution in [0, 0.1) is 0 Å². The molecule has 20 heavy (non-hydrogen) atoms. The van der Waals surface area contributed by atoms with Crippen LogP contribution in [0.25, 0.3) is 6.08 Å². The van der Waals surface area contributed by atoms with Crippen LogP contribution in [0.2, 0.25) is 0 Å². The fourth-order valence-corrected chi connectivity index (χ4v) is 1.74. The van der Waals surface area contributed by atoms with Crippen LogP contribution in [0.5, 0.6) is 0 Å². The number of nitrogens with zero attached hydrogens (tertiary/aromatic N) is 1. The zero-order chi connectivity index (χ0) is 14.2. The lowest BCUT2D eigenvalue weighted by Gasteiger charge is -2.08. The third kappa shape index (κ3) is 3.88. The number of hydrogen-bond acceptors (Lipinski definition) is 3. The van der Waals surface area contributed by atoms with Gasteiger partial charge in [-0.3, -0.25) is 14.6 Å². The van der Waals surface area contributed by atoms with Crippen molar-refractivity contribution in [2.24, 2.45) is 0 Å². The van der Waals surface area contributed by atoms with Crippen LogP contribution in [0.4, 0.5) is 5.69 Å². The van der Waals surface area contributed by atoms with Gasteiger partial charge in [-0.15, -0.1) is 0 Å². The number of nitrogens with one attached hydrogen (secondary N) is 1. The number of benzene rings is 1. The van der Waals surface area contributed by atoms with E-state index in [9.17, 15) is 9.59 Å². The van der Waals surface area contributed by atoms with Gasteiger partial charge in [0.15, 0.2) is 0 Å². The molecular weight excluding hydrogens is 252 g/mol. The highest BCUT2D eigenvalue weighted by molar-refractivity contribution is 5.94. The SMILES string of the molecule is O=[C]/C=C/c1ccccc1NC(=O)Cc1ccccn1. The second kappa shape index (κ2) is 6.99. The number of allylic oxidation sites excluding steroid dienone is 1. The molecular formula is C16H13N2O2. The lowest BCUT2D eigenvalue weighted by atomic mass is 10.1. The molecule has 2 aromatic rings. The molecule has 2 rings (SSSR count). The molecule has 0 aliphatic rings. The van der Waals surface area contributed by atoms with E-state index in [0.29, 0.717) is 11.4 Å². The van der Waals surface area contributed by atoms with Gasteiger partial charge in [0.05, 0.1) is 6.42 Å². The highest BCUT2D eigenvalue weighted by Crippen LogP contribution is 2.16. The number of carbonyl (C=O) groups excluding carboxylic acids is 2. The number of anilines is 1. The Morgan fingerprint density at radius 1 is 1.20 bits per heavy atom. The summed E-state index contributed by atoms with van der Waals surface area (Å²) in [5.41, 5.74) is 2.12. The average molecular weight is 265 g/mol. The predicted octanol–water partition coefficient (Wildman–Crippen LogP) is 2.39. The van der Waals surface area contributed by atoms with Crippen molar-refractivity contribution in [2.45, 2.75) is 6.42 Å². The van der Waals surface area contributed by atoms with Crippen LogP contribution in [0.3, 0.4) is 0 Å². The maximum atomic E-state index is 12.0. The summed E-state index contributed by atoms with van der Waals surface area (Å²) < 4.78 is 0. The Hall–Kier alpha value is -2.75. The zero-order valence-corrected chi connectivity index (χ0v) is 10.7. The van der Waals surface area contributed by atoms with Crippen molar-refractivity contribution >= 4 is 24.0 Å². The third-order valence-corrected chi connectivity index (χ3v) is 2.63. The largest absolute Gasteiger partial charge is 0.325 e. The maximum absolute atomic E-state index is 12.0. The molecule has 0 bridgehead atoms. The molecule has 0 atom stereocenters. The van der Waals surface area contributed by atoms with Crippen LogP contribution in [0.1, 0.15) is 11.3 Å². The van der Waals surface area contributed by atoms with Crippen LogP contribution in [-0.2, 0) is 16.0 Å². The number of amides is 1. The van der Waals surface area contributed by atoms with E-state index in [1.165, 1.54) is 6.08 Å². The first-order chi connectivity index (χ1) is 9.79. The molecule has 1 heterocycles. The first-order valence-corrected chi connectivity index (χ1v) is 6.12. The highest BCUT2D eigenvalue weighted by atomic mass is 16.1. The van der Waals surface area contributed by atoms with Crippen molar-refractivity contribution in [1.29, 1.82) is 0 Å². The summed E-state index contributed by atoms with van der Waals surface area (Å²) in [6.45, 7) is 0. The number of rotatable bonds is 5. The van der Waals surface area contributed by atoms with Crippen LogP contribution < -0.4 is 5.32 Å². The highest BCUT2D eigenvalue weighted by Gasteiger charge is 2.06. The van der Waals surface area contributed by atoms with Crippen molar-refractivity contribution < 1.29 is 9.59 Å². The van der Waals surface area contributed by atoms with E-state index in [-0.39, 0.29) is 12.3 Å². The molecule has 0 saturated carbocycles. The van der Waals surface area contributed by atoms with E-state index in [1.807, 2.05) is 24.3 Å². The molecule has 0 aliphatic heterocycles. The Morgan fingerprint density at radius 3 is 2.75 bits per heavy atom. The topological polar surface area (TPSA) is 59.1 Å². The molecule has 1 amide bonds. The van der Waals surface area contributed by atoms with E-state index < -0.39 is 0 Å². The van der Waals surface area contributed by atoms with Gasteiger partial charge in [0, 0.05) is 17.6 Å². The molecule has 0 aliphatic carbocycles. The number of hydrogen-bond donors (Lipinski definition) is 1. The van der Waals surface area contributed by atoms with Crippen molar-refractivity contribution in [3.8, 4) is 0 Å². The lowest BCUT2D eigenvalue weighted by molar-refractivity contribution is -0.115. The quantitative estimate of drug-likeness (QED) is 0.844. The fraction of sp³-hybridized carbons (Fsp3) is 0.0625. The molecule has 4 heteroatoms. The van der Waals surface area contributed by atoms with Gasteiger partial charge < -0.3 is 5.32 Å². The van der Waals surface area contributed by atoms with Crippen molar-refractivity contribution in [1.82, 2.24) is 4.98 Å². The van der Waals surface area contributed by atoms with E-state index in [2.05, 4.69) is 10.3 Å². The first-order valence-electron chi connectivity index (χ1n) is 6.12. The Balaban J connectivity index is 2.08. The van der Waals surface area contributed by atoms with Gasteiger partial charge in [-0.25, -0.2) is 0 Å². The minimum atomic E-state index is -0.153. The summed E-state index contributed by atoms with van der Waals surface area (Å²) in [5.74, 6) is -0.153. The van der Waals surface area contributed by atoms with Crippen LogP contribution in [0.15, 0.2) is 54.7 Å². The Labute approximate surface area is 117 Å². The van der Waals surface area contributed by atoms with Crippen molar-refractivity contribution in [3.63, 3.8) is 0 Å². The average Bonchev–Trinajstić information content (AvgIpc) is 2.47. The standard InChI is InChI=1S/C16H13N2O2/c19-11-5-7-13-6-1-2-9-15(13)18-16(20)12-14-8-3-4-10-17-14/h1-10H,12H2,(H,18,20)/b7-5+. The van der Waals surface area contributed by atoms with Gasteiger partial charge in [0.25, 0.3) is 0 Å². The smallest absolute Gasteiger partial charge is 0.230 e. The number of aromatic nitrogens is 1. The minimum Gasteiger partial charge on any atom is -0.325 e. The summed E-state index contributed by atoms with van der Waals surface area (Å²) >= 11 is 0. The Morgan fingerprint density at radius 2 is 2.00 bits per heavy atom. The summed E-state index contributed by atoms with van der Waals surface area (Å²) in [5, 5.41) is 2.81. The molecule has 1 aromatic heterocycles. The van der Waals surface area contributed by atoms with Gasteiger partial charge >= 0.3 is 0 Å². The predicted molar refractivity (Wildman–Crippen MR) is 77.7 cm³/mol. The van der Waals surface area contributed by atoms with Crippen LogP contribution >= 0.6 is 0 Å². The summed E-state index contributed by atoms with van der Waals surface area (Å²) in [4.78, 5) is 26.3. The Bertz CT molecular complexity index is 621. The summed E-state index contributed by atoms with van der Waals surface area (Å²) in [6, 6.07) is 12.7. The summed E-state index contributed by atoms with van der Waals surface area (Å²) in [6.07, 6.45) is 6.41. The van der Waals surface area contributed by atoms with Gasteiger partial charge in [-0.05, 0) is 35.9 Å². The maximum Gasteiger partial charge on any atom is 0.230 e. The summed E-state index contributed by atoms with van der Waals surface area (Å²) in [7, 11) is 0.